The van der Waals surface area contributed by atoms with E-state index in [1.54, 1.807) is 0 Å². The second-order valence-electron chi connectivity index (χ2n) is 6.34. The molecule has 4 nitrogen and oxygen atoms in total. The van der Waals surface area contributed by atoms with Gasteiger partial charge in [-0.15, -0.1) is 0 Å². The summed E-state index contributed by atoms with van der Waals surface area (Å²) < 4.78 is 11.7. The second-order valence-corrected chi connectivity index (χ2v) is 6.34. The highest BCUT2D eigenvalue weighted by molar-refractivity contribution is 5.81. The van der Waals surface area contributed by atoms with Crippen LogP contribution in [0.4, 0.5) is 0 Å². The smallest absolute Gasteiger partial charge is 0.263 e. The van der Waals surface area contributed by atoms with Crippen LogP contribution in [0.5, 0.6) is 5.75 Å². The maximum absolute atomic E-state index is 12.7. The summed E-state index contributed by atoms with van der Waals surface area (Å²) in [4.78, 5) is 14.6. The summed E-state index contributed by atoms with van der Waals surface area (Å²) in [5, 5.41) is 0. The fraction of sp³-hybridized carbons (Fsp3) is 0.611. The zero-order valence-corrected chi connectivity index (χ0v) is 14.3. The third-order valence-electron chi connectivity index (χ3n) is 3.85. The number of benzene rings is 1. The SMILES string of the molecule is CC[C@H](Oc1cc(C)cc(C)c1)C(=O)N1C[C@H](C)O[C@@H](C)C1. The summed E-state index contributed by atoms with van der Waals surface area (Å²) >= 11 is 0. The van der Waals surface area contributed by atoms with Gasteiger partial charge in [-0.2, -0.15) is 0 Å². The van der Waals surface area contributed by atoms with Gasteiger partial charge in [0.1, 0.15) is 5.75 Å². The molecule has 0 spiro atoms. The lowest BCUT2D eigenvalue weighted by Gasteiger charge is -2.37. The molecule has 0 bridgehead atoms. The van der Waals surface area contributed by atoms with Gasteiger partial charge in [-0.05, 0) is 57.4 Å². The number of hydrogen-bond donors (Lipinski definition) is 0. The molecular weight excluding hydrogens is 278 g/mol. The van der Waals surface area contributed by atoms with Crippen molar-refractivity contribution >= 4 is 5.91 Å². The maximum Gasteiger partial charge on any atom is 0.263 e. The van der Waals surface area contributed by atoms with E-state index in [0.29, 0.717) is 19.5 Å². The maximum atomic E-state index is 12.7. The molecule has 1 saturated heterocycles. The van der Waals surface area contributed by atoms with Crippen molar-refractivity contribution in [2.24, 2.45) is 0 Å². The molecule has 1 fully saturated rings. The quantitative estimate of drug-likeness (QED) is 0.858. The Morgan fingerprint density at radius 2 is 1.77 bits per heavy atom. The lowest BCUT2D eigenvalue weighted by atomic mass is 10.1. The Balaban J connectivity index is 2.08. The second kappa shape index (κ2) is 7.14. The summed E-state index contributed by atoms with van der Waals surface area (Å²) in [7, 11) is 0. The highest BCUT2D eigenvalue weighted by Crippen LogP contribution is 2.20. The Hall–Kier alpha value is -1.55. The largest absolute Gasteiger partial charge is 0.481 e. The first-order valence-electron chi connectivity index (χ1n) is 8.08. The topological polar surface area (TPSA) is 38.8 Å². The normalized spacial score (nSPS) is 23.2. The summed E-state index contributed by atoms with van der Waals surface area (Å²) in [6.45, 7) is 11.3. The molecule has 1 aliphatic rings. The van der Waals surface area contributed by atoms with Crippen molar-refractivity contribution in [3.05, 3.63) is 29.3 Å². The average molecular weight is 305 g/mol. The molecule has 0 aromatic heterocycles. The number of hydrogen-bond acceptors (Lipinski definition) is 3. The van der Waals surface area contributed by atoms with E-state index in [-0.39, 0.29) is 18.1 Å². The molecule has 4 heteroatoms. The number of amides is 1. The number of aryl methyl sites for hydroxylation is 2. The first-order chi connectivity index (χ1) is 10.4. The number of ether oxygens (including phenoxy) is 2. The molecule has 122 valence electrons. The van der Waals surface area contributed by atoms with Crippen LogP contribution in [-0.4, -0.2) is 42.2 Å². The van der Waals surface area contributed by atoms with E-state index >= 15 is 0 Å². The molecule has 1 heterocycles. The van der Waals surface area contributed by atoms with Crippen molar-refractivity contribution in [2.45, 2.75) is 59.4 Å². The van der Waals surface area contributed by atoms with Crippen molar-refractivity contribution in [3.8, 4) is 5.75 Å². The van der Waals surface area contributed by atoms with Gasteiger partial charge in [0.05, 0.1) is 12.2 Å². The predicted molar refractivity (Wildman–Crippen MR) is 87.2 cm³/mol. The van der Waals surface area contributed by atoms with Gasteiger partial charge >= 0.3 is 0 Å². The summed E-state index contributed by atoms with van der Waals surface area (Å²) in [6.07, 6.45) is 0.378. The molecular formula is C18H27NO3. The van der Waals surface area contributed by atoms with E-state index in [1.165, 1.54) is 0 Å². The van der Waals surface area contributed by atoms with Crippen LogP contribution in [0.3, 0.4) is 0 Å². The van der Waals surface area contributed by atoms with E-state index in [1.807, 2.05) is 51.7 Å². The molecule has 2 rings (SSSR count). The van der Waals surface area contributed by atoms with E-state index in [2.05, 4.69) is 6.07 Å². The number of rotatable bonds is 4. The summed E-state index contributed by atoms with van der Waals surface area (Å²) in [6, 6.07) is 6.06. The minimum absolute atomic E-state index is 0.0589. The lowest BCUT2D eigenvalue weighted by molar-refractivity contribution is -0.150. The minimum atomic E-state index is -0.432. The van der Waals surface area contributed by atoms with E-state index in [4.69, 9.17) is 9.47 Å². The number of carbonyl (C=O) groups excluding carboxylic acids is 1. The van der Waals surface area contributed by atoms with Crippen molar-refractivity contribution in [1.29, 1.82) is 0 Å². The molecule has 22 heavy (non-hydrogen) atoms. The Kier molecular flexibility index (Phi) is 5.46. The molecule has 1 amide bonds. The zero-order valence-electron chi connectivity index (χ0n) is 14.3. The standard InChI is InChI=1S/C18H27NO3/c1-6-17(22-16-8-12(2)7-13(3)9-16)18(20)19-10-14(4)21-15(5)11-19/h7-9,14-15,17H,6,10-11H2,1-5H3/t14-,15-,17-/m0/s1. The third kappa shape index (κ3) is 4.23. The Morgan fingerprint density at radius 3 is 2.27 bits per heavy atom. The number of carbonyl (C=O) groups is 1. The van der Waals surface area contributed by atoms with Crippen LogP contribution in [-0.2, 0) is 9.53 Å². The Morgan fingerprint density at radius 1 is 1.23 bits per heavy atom. The molecule has 0 radical (unpaired) electrons. The van der Waals surface area contributed by atoms with Gasteiger partial charge in [-0.3, -0.25) is 4.79 Å². The molecule has 1 aromatic rings. The molecule has 0 aliphatic carbocycles. The van der Waals surface area contributed by atoms with Crippen molar-refractivity contribution in [1.82, 2.24) is 4.90 Å². The average Bonchev–Trinajstić information content (AvgIpc) is 2.42. The minimum Gasteiger partial charge on any atom is -0.481 e. The zero-order chi connectivity index (χ0) is 16.3. The highest BCUT2D eigenvalue weighted by Gasteiger charge is 2.30. The van der Waals surface area contributed by atoms with Gasteiger partial charge in [0.2, 0.25) is 0 Å². The van der Waals surface area contributed by atoms with Crippen LogP contribution >= 0.6 is 0 Å². The van der Waals surface area contributed by atoms with E-state index < -0.39 is 6.10 Å². The van der Waals surface area contributed by atoms with Gasteiger partial charge in [-0.1, -0.05) is 13.0 Å². The Bertz CT molecular complexity index is 499. The van der Waals surface area contributed by atoms with Crippen LogP contribution < -0.4 is 4.74 Å². The van der Waals surface area contributed by atoms with Gasteiger partial charge in [0.25, 0.3) is 5.91 Å². The highest BCUT2D eigenvalue weighted by atomic mass is 16.5. The Labute approximate surface area is 133 Å². The van der Waals surface area contributed by atoms with Gasteiger partial charge < -0.3 is 14.4 Å². The molecule has 1 aromatic carbocycles. The molecule has 0 saturated carbocycles. The lowest BCUT2D eigenvalue weighted by Crippen LogP contribution is -2.52. The fourth-order valence-corrected chi connectivity index (χ4v) is 3.04. The van der Waals surface area contributed by atoms with E-state index in [9.17, 15) is 4.79 Å². The first-order valence-corrected chi connectivity index (χ1v) is 8.08. The third-order valence-corrected chi connectivity index (χ3v) is 3.85. The van der Waals surface area contributed by atoms with Crippen LogP contribution in [0.1, 0.15) is 38.3 Å². The van der Waals surface area contributed by atoms with Gasteiger partial charge in [0.15, 0.2) is 6.10 Å². The summed E-state index contributed by atoms with van der Waals surface area (Å²) in [5.41, 5.74) is 2.29. The monoisotopic (exact) mass is 305 g/mol. The van der Waals surface area contributed by atoms with Crippen LogP contribution in [0.25, 0.3) is 0 Å². The van der Waals surface area contributed by atoms with Crippen LogP contribution in [0.15, 0.2) is 18.2 Å². The van der Waals surface area contributed by atoms with E-state index in [0.717, 1.165) is 16.9 Å². The molecule has 1 aliphatic heterocycles. The number of morpholine rings is 1. The van der Waals surface area contributed by atoms with Crippen molar-refractivity contribution < 1.29 is 14.3 Å². The molecule has 3 atom stereocenters. The van der Waals surface area contributed by atoms with Crippen LogP contribution in [0.2, 0.25) is 0 Å². The fourth-order valence-electron chi connectivity index (χ4n) is 3.04. The molecule has 0 unspecified atom stereocenters. The molecule has 0 N–H and O–H groups in total. The number of nitrogens with zero attached hydrogens (tertiary/aromatic N) is 1. The van der Waals surface area contributed by atoms with Gasteiger partial charge in [-0.25, -0.2) is 0 Å². The van der Waals surface area contributed by atoms with Crippen molar-refractivity contribution in [3.63, 3.8) is 0 Å². The van der Waals surface area contributed by atoms with Crippen molar-refractivity contribution in [2.75, 3.05) is 13.1 Å². The summed E-state index contributed by atoms with van der Waals surface area (Å²) in [5.74, 6) is 0.829. The first kappa shape index (κ1) is 16.8. The van der Waals surface area contributed by atoms with Gasteiger partial charge in [0, 0.05) is 13.1 Å². The van der Waals surface area contributed by atoms with Crippen LogP contribution in [0, 0.1) is 13.8 Å². The predicted octanol–water partition coefficient (Wildman–Crippen LogP) is 3.10.